The summed E-state index contributed by atoms with van der Waals surface area (Å²) in [7, 11) is 0. The van der Waals surface area contributed by atoms with E-state index in [-0.39, 0.29) is 0 Å². The molecule has 0 N–H and O–H groups in total. The molecule has 0 bridgehead atoms. The molecule has 0 radical (unpaired) electrons. The lowest BCUT2D eigenvalue weighted by Gasteiger charge is -2.24. The molecule has 6 aromatic rings. The predicted octanol–water partition coefficient (Wildman–Crippen LogP) is 10.4. The number of anilines is 2. The van der Waals surface area contributed by atoms with E-state index in [4.69, 9.17) is 14.4 Å². The van der Waals surface area contributed by atoms with E-state index in [1.165, 1.54) is 0 Å². The SMILES string of the molecule is C=CC=C.C=CCN(c1ccccc1)c1cccc(-c2nc(-c3ccccc3)c3ccc4oc5c(c4c3n2)C=CCC5)c1. The quantitative estimate of drug-likeness (QED) is 0.144. The second-order valence-corrected chi connectivity index (χ2v) is 10.2. The van der Waals surface area contributed by atoms with Gasteiger partial charge in [0, 0.05) is 46.4 Å². The first-order valence-electron chi connectivity index (χ1n) is 14.5. The van der Waals surface area contributed by atoms with E-state index >= 15 is 0 Å². The molecule has 1 aliphatic rings. The zero-order chi connectivity index (χ0) is 29.6. The molecule has 0 spiro atoms. The molecule has 2 heterocycles. The average Bonchev–Trinajstić information content (AvgIpc) is 3.47. The summed E-state index contributed by atoms with van der Waals surface area (Å²) in [5.74, 6) is 1.73. The number of hydrogen-bond acceptors (Lipinski definition) is 4. The van der Waals surface area contributed by atoms with Crippen molar-refractivity contribution in [1.82, 2.24) is 9.97 Å². The molecule has 0 saturated carbocycles. The summed E-state index contributed by atoms with van der Waals surface area (Å²) >= 11 is 0. The fourth-order valence-corrected chi connectivity index (χ4v) is 5.48. The van der Waals surface area contributed by atoms with Gasteiger partial charge in [-0.25, -0.2) is 9.97 Å². The summed E-state index contributed by atoms with van der Waals surface area (Å²) in [5, 5.41) is 2.08. The summed E-state index contributed by atoms with van der Waals surface area (Å²) in [6, 6.07) is 33.3. The Morgan fingerprint density at radius 2 is 1.49 bits per heavy atom. The summed E-state index contributed by atoms with van der Waals surface area (Å²) in [4.78, 5) is 12.6. The van der Waals surface area contributed by atoms with Gasteiger partial charge in [-0.3, -0.25) is 0 Å². The summed E-state index contributed by atoms with van der Waals surface area (Å²) in [6.07, 6.45) is 11.5. The van der Waals surface area contributed by atoms with Crippen molar-refractivity contribution in [2.45, 2.75) is 12.8 Å². The first kappa shape index (κ1) is 27.7. The molecule has 4 heteroatoms. The molecule has 210 valence electrons. The van der Waals surface area contributed by atoms with Crippen LogP contribution in [-0.4, -0.2) is 16.5 Å². The van der Waals surface area contributed by atoms with Crippen molar-refractivity contribution in [3.8, 4) is 22.6 Å². The Balaban J connectivity index is 0.000000777. The Labute approximate surface area is 252 Å². The van der Waals surface area contributed by atoms with Crippen LogP contribution in [-0.2, 0) is 6.42 Å². The van der Waals surface area contributed by atoms with Crippen molar-refractivity contribution < 1.29 is 4.42 Å². The maximum Gasteiger partial charge on any atom is 0.160 e. The van der Waals surface area contributed by atoms with Crippen LogP contribution in [0.5, 0.6) is 0 Å². The van der Waals surface area contributed by atoms with Gasteiger partial charge in [-0.1, -0.05) is 104 Å². The normalized spacial score (nSPS) is 11.8. The van der Waals surface area contributed by atoms with Crippen molar-refractivity contribution >= 4 is 39.3 Å². The highest BCUT2D eigenvalue weighted by Gasteiger charge is 2.21. The van der Waals surface area contributed by atoms with Gasteiger partial charge < -0.3 is 9.32 Å². The lowest BCUT2D eigenvalue weighted by atomic mass is 9.98. The Hall–Kier alpha value is -5.48. The molecular weight excluding hydrogens is 526 g/mol. The van der Waals surface area contributed by atoms with Crippen molar-refractivity contribution in [2.75, 3.05) is 11.4 Å². The van der Waals surface area contributed by atoms with Gasteiger partial charge in [0.15, 0.2) is 5.82 Å². The smallest absolute Gasteiger partial charge is 0.160 e. The molecule has 0 aliphatic heterocycles. The third-order valence-corrected chi connectivity index (χ3v) is 7.47. The highest BCUT2D eigenvalue weighted by molar-refractivity contribution is 6.12. The van der Waals surface area contributed by atoms with Gasteiger partial charge in [-0.15, -0.1) is 6.58 Å². The van der Waals surface area contributed by atoms with E-state index < -0.39 is 0 Å². The minimum atomic E-state index is 0.690. The van der Waals surface area contributed by atoms with Gasteiger partial charge in [0.1, 0.15) is 11.3 Å². The van der Waals surface area contributed by atoms with Crippen LogP contribution >= 0.6 is 0 Å². The number of benzene rings is 4. The first-order chi connectivity index (χ1) is 21.2. The summed E-state index contributed by atoms with van der Waals surface area (Å²) in [6.45, 7) is 11.4. The monoisotopic (exact) mass is 559 g/mol. The van der Waals surface area contributed by atoms with E-state index in [0.29, 0.717) is 12.4 Å². The molecule has 0 amide bonds. The molecule has 4 aromatic carbocycles. The van der Waals surface area contributed by atoms with Crippen molar-refractivity contribution in [3.63, 3.8) is 0 Å². The molecule has 2 aromatic heterocycles. The predicted molar refractivity (Wildman–Crippen MR) is 182 cm³/mol. The Kier molecular flexibility index (Phi) is 8.10. The number of fused-ring (bicyclic) bond motifs is 5. The third kappa shape index (κ3) is 5.55. The maximum absolute atomic E-state index is 6.29. The number of furan rings is 1. The van der Waals surface area contributed by atoms with Crippen LogP contribution in [0.25, 0.3) is 50.6 Å². The zero-order valence-corrected chi connectivity index (χ0v) is 24.1. The van der Waals surface area contributed by atoms with Crippen LogP contribution in [0, 0.1) is 0 Å². The number of aryl methyl sites for hydroxylation is 1. The highest BCUT2D eigenvalue weighted by atomic mass is 16.3. The van der Waals surface area contributed by atoms with Crippen LogP contribution in [0.1, 0.15) is 17.7 Å². The van der Waals surface area contributed by atoms with Crippen molar-refractivity contribution in [3.05, 3.63) is 152 Å². The third-order valence-electron chi connectivity index (χ3n) is 7.47. The number of nitrogens with zero attached hydrogens (tertiary/aromatic N) is 3. The molecule has 0 unspecified atom stereocenters. The first-order valence-corrected chi connectivity index (χ1v) is 14.5. The Morgan fingerprint density at radius 3 is 2.23 bits per heavy atom. The molecular formula is C39H33N3O. The van der Waals surface area contributed by atoms with E-state index in [2.05, 4.69) is 122 Å². The van der Waals surface area contributed by atoms with E-state index in [1.54, 1.807) is 12.2 Å². The fraction of sp³-hybridized carbons (Fsp3) is 0.0769. The van der Waals surface area contributed by atoms with Crippen LogP contribution in [0.4, 0.5) is 11.4 Å². The largest absolute Gasteiger partial charge is 0.460 e. The van der Waals surface area contributed by atoms with E-state index in [1.807, 2.05) is 18.2 Å². The molecule has 1 aliphatic carbocycles. The Morgan fingerprint density at radius 1 is 0.767 bits per heavy atom. The fourth-order valence-electron chi connectivity index (χ4n) is 5.48. The Bertz CT molecular complexity index is 1950. The average molecular weight is 560 g/mol. The van der Waals surface area contributed by atoms with Gasteiger partial charge in [-0.2, -0.15) is 0 Å². The van der Waals surface area contributed by atoms with Crippen LogP contribution in [0.3, 0.4) is 0 Å². The summed E-state index contributed by atoms with van der Waals surface area (Å²) in [5.41, 5.74) is 8.04. The lowest BCUT2D eigenvalue weighted by molar-refractivity contribution is 0.546. The molecule has 43 heavy (non-hydrogen) atoms. The van der Waals surface area contributed by atoms with Gasteiger partial charge in [0.05, 0.1) is 16.6 Å². The second-order valence-electron chi connectivity index (χ2n) is 10.2. The molecule has 0 fully saturated rings. The molecule has 0 atom stereocenters. The topological polar surface area (TPSA) is 42.2 Å². The maximum atomic E-state index is 6.29. The van der Waals surface area contributed by atoms with Gasteiger partial charge in [0.25, 0.3) is 0 Å². The van der Waals surface area contributed by atoms with Crippen molar-refractivity contribution in [1.29, 1.82) is 0 Å². The minimum absolute atomic E-state index is 0.690. The number of para-hydroxylation sites is 1. The van der Waals surface area contributed by atoms with Crippen LogP contribution in [0.2, 0.25) is 0 Å². The second kappa shape index (κ2) is 12.6. The van der Waals surface area contributed by atoms with Crippen molar-refractivity contribution in [2.24, 2.45) is 0 Å². The van der Waals surface area contributed by atoms with Gasteiger partial charge >= 0.3 is 0 Å². The number of rotatable bonds is 7. The van der Waals surface area contributed by atoms with E-state index in [9.17, 15) is 0 Å². The van der Waals surface area contributed by atoms with Crippen LogP contribution in [0.15, 0.2) is 146 Å². The number of aromatic nitrogens is 2. The van der Waals surface area contributed by atoms with Gasteiger partial charge in [-0.05, 0) is 42.8 Å². The lowest BCUT2D eigenvalue weighted by Crippen LogP contribution is -2.16. The standard InChI is InChI=1S/C35H27N3O.C4H6/c1-2-22-38(26-15-7-4-8-16-26)27-17-11-14-25(23-27)35-36-33(24-12-5-3-6-13-24)29-20-21-31-32(34(29)37-35)28-18-9-10-19-30(28)39-31;1-3-4-2/h2-9,11-18,20-21,23H,1,10,19,22H2;3-4H,1-2H2. The van der Waals surface area contributed by atoms with E-state index in [0.717, 1.165) is 74.2 Å². The van der Waals surface area contributed by atoms with Gasteiger partial charge in [0.2, 0.25) is 0 Å². The zero-order valence-electron chi connectivity index (χ0n) is 24.1. The molecule has 4 nitrogen and oxygen atoms in total. The number of allylic oxidation sites excluding steroid dienone is 3. The van der Waals surface area contributed by atoms with Crippen LogP contribution < -0.4 is 4.90 Å². The summed E-state index contributed by atoms with van der Waals surface area (Å²) < 4.78 is 6.29. The highest BCUT2D eigenvalue weighted by Crippen LogP contribution is 2.39. The minimum Gasteiger partial charge on any atom is -0.460 e. The number of hydrogen-bond donors (Lipinski definition) is 0. The molecule has 0 saturated heterocycles. The molecule has 7 rings (SSSR count).